The molecule has 3 aromatic rings. The van der Waals surface area contributed by atoms with E-state index >= 15 is 0 Å². The summed E-state index contributed by atoms with van der Waals surface area (Å²) in [6, 6.07) is 21.2. The van der Waals surface area contributed by atoms with E-state index < -0.39 is 11.8 Å². The number of ether oxygens (including phenoxy) is 2. The molecule has 3 aromatic carbocycles. The van der Waals surface area contributed by atoms with Crippen LogP contribution in [0.25, 0.3) is 6.08 Å². The number of benzene rings is 3. The molecular formula is C23H15FINO3. The number of hydrogen-bond donors (Lipinski definition) is 0. The molecule has 6 heteroatoms. The van der Waals surface area contributed by atoms with Crippen molar-refractivity contribution in [1.29, 1.82) is 0 Å². The van der Waals surface area contributed by atoms with E-state index in [9.17, 15) is 9.18 Å². The fourth-order valence-corrected chi connectivity index (χ4v) is 3.41. The Morgan fingerprint density at radius 2 is 1.86 bits per heavy atom. The zero-order valence-electron chi connectivity index (χ0n) is 15.1. The Labute approximate surface area is 180 Å². The van der Waals surface area contributed by atoms with E-state index in [0.29, 0.717) is 17.9 Å². The van der Waals surface area contributed by atoms with Gasteiger partial charge in [0.15, 0.2) is 5.70 Å². The highest BCUT2D eigenvalue weighted by Gasteiger charge is 2.24. The van der Waals surface area contributed by atoms with Crippen molar-refractivity contribution >= 4 is 40.5 Å². The van der Waals surface area contributed by atoms with Crippen LogP contribution in [0.5, 0.6) is 5.75 Å². The first-order valence-corrected chi connectivity index (χ1v) is 9.90. The maximum atomic E-state index is 13.4. The second kappa shape index (κ2) is 8.57. The zero-order valence-corrected chi connectivity index (χ0v) is 17.3. The standard InChI is InChI=1S/C23H15FINO3/c24-18-7-3-6-17(13-18)22-26-21(23(27)29-22)12-15-4-2-9-20(11-15)28-14-16-5-1-8-19(25)10-16/h1-13H,14H2/b21-12-. The number of hydrogen-bond acceptors (Lipinski definition) is 4. The van der Waals surface area contributed by atoms with Crippen LogP contribution in [0.2, 0.25) is 0 Å². The highest BCUT2D eigenvalue weighted by molar-refractivity contribution is 14.1. The molecule has 0 saturated carbocycles. The Morgan fingerprint density at radius 3 is 2.69 bits per heavy atom. The van der Waals surface area contributed by atoms with Gasteiger partial charge in [0.1, 0.15) is 18.2 Å². The van der Waals surface area contributed by atoms with Gasteiger partial charge in [0.2, 0.25) is 5.90 Å². The molecule has 0 atom stereocenters. The second-order valence-electron chi connectivity index (χ2n) is 6.34. The summed E-state index contributed by atoms with van der Waals surface area (Å²) < 4.78 is 25.6. The minimum atomic E-state index is -0.575. The van der Waals surface area contributed by atoms with Gasteiger partial charge in [0.25, 0.3) is 0 Å². The Kier molecular flexibility index (Phi) is 5.71. The number of aliphatic imine (C=N–C) groups is 1. The normalized spacial score (nSPS) is 14.6. The van der Waals surface area contributed by atoms with Gasteiger partial charge in [-0.15, -0.1) is 0 Å². The van der Waals surface area contributed by atoms with Crippen LogP contribution in [0.15, 0.2) is 83.5 Å². The van der Waals surface area contributed by atoms with Crippen molar-refractivity contribution < 1.29 is 18.7 Å². The van der Waals surface area contributed by atoms with Crippen LogP contribution < -0.4 is 4.74 Å². The fourth-order valence-electron chi connectivity index (χ4n) is 2.80. The third-order valence-corrected chi connectivity index (χ3v) is 4.82. The molecule has 0 saturated heterocycles. The van der Waals surface area contributed by atoms with Crippen LogP contribution >= 0.6 is 22.6 Å². The average molecular weight is 499 g/mol. The summed E-state index contributed by atoms with van der Waals surface area (Å²) in [5.74, 6) is -0.225. The molecule has 4 rings (SSSR count). The number of rotatable bonds is 5. The third kappa shape index (κ3) is 4.89. The maximum absolute atomic E-state index is 13.4. The van der Waals surface area contributed by atoms with E-state index in [1.54, 1.807) is 12.1 Å². The lowest BCUT2D eigenvalue weighted by atomic mass is 10.2. The van der Waals surface area contributed by atoms with Crippen molar-refractivity contribution in [2.24, 2.45) is 4.99 Å². The predicted molar refractivity (Wildman–Crippen MR) is 117 cm³/mol. The summed E-state index contributed by atoms with van der Waals surface area (Å²) in [5, 5.41) is 0. The molecule has 1 aliphatic rings. The minimum absolute atomic E-state index is 0.0897. The summed E-state index contributed by atoms with van der Waals surface area (Å²) in [6.45, 7) is 0.445. The van der Waals surface area contributed by atoms with Gasteiger partial charge < -0.3 is 9.47 Å². The molecule has 0 bridgehead atoms. The SMILES string of the molecule is O=C1OC(c2cccc(F)c2)=N/C1=C\c1cccc(OCc2cccc(I)c2)c1. The van der Waals surface area contributed by atoms with Gasteiger partial charge in [0.05, 0.1) is 0 Å². The van der Waals surface area contributed by atoms with Gasteiger partial charge in [-0.1, -0.05) is 30.3 Å². The molecule has 4 nitrogen and oxygen atoms in total. The summed E-state index contributed by atoms with van der Waals surface area (Å²) in [5.41, 5.74) is 2.39. The van der Waals surface area contributed by atoms with Crippen molar-refractivity contribution in [2.45, 2.75) is 6.61 Å². The van der Waals surface area contributed by atoms with Gasteiger partial charge in [-0.3, -0.25) is 0 Å². The van der Waals surface area contributed by atoms with E-state index in [2.05, 4.69) is 33.6 Å². The lowest BCUT2D eigenvalue weighted by molar-refractivity contribution is -0.129. The molecule has 29 heavy (non-hydrogen) atoms. The molecule has 0 N–H and O–H groups in total. The molecule has 1 heterocycles. The number of cyclic esters (lactones) is 1. The second-order valence-corrected chi connectivity index (χ2v) is 7.58. The van der Waals surface area contributed by atoms with Crippen LogP contribution in [0, 0.1) is 9.39 Å². The largest absolute Gasteiger partial charge is 0.489 e. The van der Waals surface area contributed by atoms with Crippen LogP contribution in [0.3, 0.4) is 0 Å². The van der Waals surface area contributed by atoms with Crippen molar-refractivity contribution in [3.63, 3.8) is 0 Å². The lowest BCUT2D eigenvalue weighted by Crippen LogP contribution is -2.05. The molecule has 0 unspecified atom stereocenters. The topological polar surface area (TPSA) is 47.9 Å². The highest BCUT2D eigenvalue weighted by atomic mass is 127. The first kappa shape index (κ1) is 19.3. The quantitative estimate of drug-likeness (QED) is 0.270. The summed E-state index contributed by atoms with van der Waals surface area (Å²) >= 11 is 2.26. The Hall–Kier alpha value is -3.00. The van der Waals surface area contributed by atoms with Gasteiger partial charge in [-0.2, -0.15) is 0 Å². The Bertz CT molecular complexity index is 1140. The first-order valence-electron chi connectivity index (χ1n) is 8.83. The summed E-state index contributed by atoms with van der Waals surface area (Å²) in [6.07, 6.45) is 1.62. The molecule has 0 spiro atoms. The van der Waals surface area contributed by atoms with Crippen LogP contribution in [0.1, 0.15) is 16.7 Å². The van der Waals surface area contributed by atoms with Crippen molar-refractivity contribution in [2.75, 3.05) is 0 Å². The van der Waals surface area contributed by atoms with Crippen molar-refractivity contribution in [3.8, 4) is 5.75 Å². The van der Waals surface area contributed by atoms with Crippen molar-refractivity contribution in [1.82, 2.24) is 0 Å². The molecule has 1 aliphatic heterocycles. The minimum Gasteiger partial charge on any atom is -0.489 e. The molecule has 0 aliphatic carbocycles. The average Bonchev–Trinajstić information content (AvgIpc) is 3.07. The van der Waals surface area contributed by atoms with E-state index in [1.165, 1.54) is 18.2 Å². The van der Waals surface area contributed by atoms with Gasteiger partial charge >= 0.3 is 5.97 Å². The first-order chi connectivity index (χ1) is 14.1. The van der Waals surface area contributed by atoms with E-state index in [-0.39, 0.29) is 11.6 Å². The zero-order chi connectivity index (χ0) is 20.2. The number of esters is 1. The summed E-state index contributed by atoms with van der Waals surface area (Å²) in [4.78, 5) is 16.4. The van der Waals surface area contributed by atoms with Crippen molar-refractivity contribution in [3.05, 3.63) is 105 Å². The smallest absolute Gasteiger partial charge is 0.363 e. The number of carbonyl (C=O) groups excluding carboxylic acids is 1. The molecule has 0 fully saturated rings. The number of nitrogens with zero attached hydrogens (tertiary/aromatic N) is 1. The van der Waals surface area contributed by atoms with Gasteiger partial charge in [-0.25, -0.2) is 14.2 Å². The molecular weight excluding hydrogens is 484 g/mol. The monoisotopic (exact) mass is 499 g/mol. The highest BCUT2D eigenvalue weighted by Crippen LogP contribution is 2.22. The van der Waals surface area contributed by atoms with Crippen LogP contribution in [0.4, 0.5) is 4.39 Å². The van der Waals surface area contributed by atoms with Crippen LogP contribution in [-0.2, 0) is 16.1 Å². The lowest BCUT2D eigenvalue weighted by Gasteiger charge is -2.07. The van der Waals surface area contributed by atoms with E-state index in [4.69, 9.17) is 9.47 Å². The summed E-state index contributed by atoms with van der Waals surface area (Å²) in [7, 11) is 0. The van der Waals surface area contributed by atoms with E-state index in [1.807, 2.05) is 42.5 Å². The molecule has 144 valence electrons. The maximum Gasteiger partial charge on any atom is 0.363 e. The number of halogens is 2. The van der Waals surface area contributed by atoms with E-state index in [0.717, 1.165) is 14.7 Å². The third-order valence-electron chi connectivity index (χ3n) is 4.15. The Morgan fingerprint density at radius 1 is 1.03 bits per heavy atom. The molecule has 0 radical (unpaired) electrons. The van der Waals surface area contributed by atoms with Gasteiger partial charge in [-0.05, 0) is 82.3 Å². The molecule has 0 amide bonds. The van der Waals surface area contributed by atoms with Gasteiger partial charge in [0, 0.05) is 9.13 Å². The number of carbonyl (C=O) groups is 1. The van der Waals surface area contributed by atoms with Crippen LogP contribution in [-0.4, -0.2) is 11.9 Å². The Balaban J connectivity index is 1.52. The predicted octanol–water partition coefficient (Wildman–Crippen LogP) is 5.35. The molecule has 0 aromatic heterocycles. The fraction of sp³-hybridized carbons (Fsp3) is 0.0435.